The number of nitrogens with zero attached hydrogens (tertiary/aromatic N) is 1. The zero-order chi connectivity index (χ0) is 14.3. The molecule has 0 aliphatic carbocycles. The molecule has 0 bridgehead atoms. The van der Waals surface area contributed by atoms with Gasteiger partial charge in [-0.1, -0.05) is 54.4 Å². The van der Waals surface area contributed by atoms with Crippen LogP contribution in [-0.4, -0.2) is 32.1 Å². The number of hydrogen-bond donors (Lipinski definition) is 1. The summed E-state index contributed by atoms with van der Waals surface area (Å²) in [5, 5.41) is 3.43. The molecule has 0 saturated heterocycles. The number of rotatable bonds is 8. The van der Waals surface area contributed by atoms with Crippen molar-refractivity contribution in [2.75, 3.05) is 27.2 Å². The van der Waals surface area contributed by atoms with Gasteiger partial charge in [0.15, 0.2) is 0 Å². The van der Waals surface area contributed by atoms with Crippen molar-refractivity contribution >= 4 is 15.9 Å². The Hall–Kier alpha value is -0.380. The second-order valence-electron chi connectivity index (χ2n) is 5.43. The zero-order valence-electron chi connectivity index (χ0n) is 12.6. The third-order valence-corrected chi connectivity index (χ3v) is 4.47. The van der Waals surface area contributed by atoms with Crippen LogP contribution in [0.25, 0.3) is 0 Å². The van der Waals surface area contributed by atoms with Crippen LogP contribution >= 0.6 is 15.9 Å². The fourth-order valence-electron chi connectivity index (χ4n) is 2.31. The van der Waals surface area contributed by atoms with E-state index in [1.54, 1.807) is 0 Å². The molecule has 0 aliphatic heterocycles. The molecule has 0 radical (unpaired) electrons. The second-order valence-corrected chi connectivity index (χ2v) is 6.28. The monoisotopic (exact) mass is 326 g/mol. The van der Waals surface area contributed by atoms with E-state index in [1.807, 2.05) is 7.05 Å². The van der Waals surface area contributed by atoms with Gasteiger partial charge in [0.05, 0.1) is 0 Å². The Morgan fingerprint density at radius 1 is 1.32 bits per heavy atom. The van der Waals surface area contributed by atoms with Crippen LogP contribution in [-0.2, 0) is 0 Å². The molecule has 0 heterocycles. The van der Waals surface area contributed by atoms with Crippen LogP contribution in [0.2, 0.25) is 0 Å². The molecule has 108 valence electrons. The lowest BCUT2D eigenvalue weighted by molar-refractivity contribution is 0.267. The summed E-state index contributed by atoms with van der Waals surface area (Å²) in [6.45, 7) is 6.88. The standard InChI is InChI=1S/C16H27BrN2/c1-5-13(2)12-19(4)11-10-16(18-3)14-8-6-7-9-15(14)17/h6-9,13,16,18H,5,10-12H2,1-4H3. The highest BCUT2D eigenvalue weighted by Crippen LogP contribution is 2.25. The molecule has 19 heavy (non-hydrogen) atoms. The van der Waals surface area contributed by atoms with Gasteiger partial charge in [0, 0.05) is 17.1 Å². The Bertz CT molecular complexity index is 368. The first-order valence-electron chi connectivity index (χ1n) is 7.18. The molecule has 2 atom stereocenters. The SMILES string of the molecule is CCC(C)CN(C)CCC(NC)c1ccccc1Br. The van der Waals surface area contributed by atoms with Gasteiger partial charge in [-0.15, -0.1) is 0 Å². The average molecular weight is 327 g/mol. The first kappa shape index (κ1) is 16.7. The Kier molecular flexibility index (Phi) is 7.66. The van der Waals surface area contributed by atoms with Crippen molar-refractivity contribution in [2.45, 2.75) is 32.7 Å². The summed E-state index contributed by atoms with van der Waals surface area (Å²) < 4.78 is 1.19. The maximum Gasteiger partial charge on any atom is 0.0340 e. The fraction of sp³-hybridized carbons (Fsp3) is 0.625. The molecule has 1 aromatic rings. The lowest BCUT2D eigenvalue weighted by atomic mass is 10.0. The van der Waals surface area contributed by atoms with E-state index < -0.39 is 0 Å². The van der Waals surface area contributed by atoms with Crippen molar-refractivity contribution < 1.29 is 0 Å². The maximum absolute atomic E-state index is 3.64. The van der Waals surface area contributed by atoms with Crippen LogP contribution in [0.1, 0.15) is 38.3 Å². The van der Waals surface area contributed by atoms with E-state index in [-0.39, 0.29) is 0 Å². The van der Waals surface area contributed by atoms with E-state index in [2.05, 4.69) is 71.3 Å². The van der Waals surface area contributed by atoms with Gasteiger partial charge in [-0.25, -0.2) is 0 Å². The first-order valence-corrected chi connectivity index (χ1v) is 7.98. The summed E-state index contributed by atoms with van der Waals surface area (Å²) in [6.07, 6.45) is 2.38. The normalized spacial score (nSPS) is 14.6. The molecule has 0 fully saturated rings. The maximum atomic E-state index is 3.64. The van der Waals surface area contributed by atoms with Crippen LogP contribution in [0.5, 0.6) is 0 Å². The second kappa shape index (κ2) is 8.72. The molecule has 1 rings (SSSR count). The van der Waals surface area contributed by atoms with Crippen LogP contribution < -0.4 is 5.32 Å². The summed E-state index contributed by atoms with van der Waals surface area (Å²) in [4.78, 5) is 2.44. The van der Waals surface area contributed by atoms with E-state index >= 15 is 0 Å². The molecule has 2 nitrogen and oxygen atoms in total. The summed E-state index contributed by atoms with van der Waals surface area (Å²) in [5.74, 6) is 0.779. The van der Waals surface area contributed by atoms with Crippen LogP contribution in [0.3, 0.4) is 0 Å². The molecule has 0 amide bonds. The van der Waals surface area contributed by atoms with Gasteiger partial charge in [0.2, 0.25) is 0 Å². The van der Waals surface area contributed by atoms with E-state index in [4.69, 9.17) is 0 Å². The Morgan fingerprint density at radius 2 is 2.00 bits per heavy atom. The Balaban J connectivity index is 2.52. The van der Waals surface area contributed by atoms with E-state index in [0.717, 1.165) is 18.9 Å². The van der Waals surface area contributed by atoms with E-state index in [0.29, 0.717) is 6.04 Å². The summed E-state index contributed by atoms with van der Waals surface area (Å²) in [5.41, 5.74) is 1.35. The minimum atomic E-state index is 0.412. The fourth-order valence-corrected chi connectivity index (χ4v) is 2.88. The van der Waals surface area contributed by atoms with E-state index in [9.17, 15) is 0 Å². The highest BCUT2D eigenvalue weighted by molar-refractivity contribution is 9.10. The molecule has 0 spiro atoms. The molecule has 3 heteroatoms. The molecular formula is C16H27BrN2. The first-order chi connectivity index (χ1) is 9.08. The number of nitrogens with one attached hydrogen (secondary N) is 1. The van der Waals surface area contributed by atoms with Crippen molar-refractivity contribution in [3.63, 3.8) is 0 Å². The number of benzene rings is 1. The van der Waals surface area contributed by atoms with Crippen molar-refractivity contribution in [1.82, 2.24) is 10.2 Å². The van der Waals surface area contributed by atoms with Crippen molar-refractivity contribution in [3.05, 3.63) is 34.3 Å². The molecule has 2 unspecified atom stereocenters. The lowest BCUT2D eigenvalue weighted by Crippen LogP contribution is -2.28. The largest absolute Gasteiger partial charge is 0.313 e. The average Bonchev–Trinajstić information content (AvgIpc) is 2.41. The van der Waals surface area contributed by atoms with Gasteiger partial charge in [-0.3, -0.25) is 0 Å². The minimum Gasteiger partial charge on any atom is -0.313 e. The molecule has 0 saturated carbocycles. The Labute approximate surface area is 126 Å². The minimum absolute atomic E-state index is 0.412. The topological polar surface area (TPSA) is 15.3 Å². The van der Waals surface area contributed by atoms with Gasteiger partial charge in [-0.05, 0) is 44.6 Å². The molecule has 0 aromatic heterocycles. The van der Waals surface area contributed by atoms with Gasteiger partial charge >= 0.3 is 0 Å². The van der Waals surface area contributed by atoms with E-state index in [1.165, 1.54) is 23.0 Å². The van der Waals surface area contributed by atoms with Gasteiger partial charge < -0.3 is 10.2 Å². The highest BCUT2D eigenvalue weighted by atomic mass is 79.9. The number of halogens is 1. The third-order valence-electron chi connectivity index (χ3n) is 3.75. The van der Waals surface area contributed by atoms with Crippen molar-refractivity contribution in [3.8, 4) is 0 Å². The molecular weight excluding hydrogens is 300 g/mol. The Morgan fingerprint density at radius 3 is 2.58 bits per heavy atom. The van der Waals surface area contributed by atoms with Crippen LogP contribution in [0, 0.1) is 5.92 Å². The molecule has 0 aliphatic rings. The van der Waals surface area contributed by atoms with Crippen molar-refractivity contribution in [2.24, 2.45) is 5.92 Å². The van der Waals surface area contributed by atoms with Crippen LogP contribution in [0.15, 0.2) is 28.7 Å². The van der Waals surface area contributed by atoms with Crippen molar-refractivity contribution in [1.29, 1.82) is 0 Å². The predicted molar refractivity (Wildman–Crippen MR) is 87.5 cm³/mol. The third kappa shape index (κ3) is 5.64. The quantitative estimate of drug-likeness (QED) is 0.774. The van der Waals surface area contributed by atoms with Crippen LogP contribution in [0.4, 0.5) is 0 Å². The smallest absolute Gasteiger partial charge is 0.0340 e. The highest BCUT2D eigenvalue weighted by Gasteiger charge is 2.13. The van der Waals surface area contributed by atoms with Gasteiger partial charge in [-0.2, -0.15) is 0 Å². The molecule has 1 N–H and O–H groups in total. The predicted octanol–water partition coefficient (Wildman–Crippen LogP) is 4.08. The molecule has 1 aromatic carbocycles. The summed E-state index contributed by atoms with van der Waals surface area (Å²) in [7, 11) is 4.26. The van der Waals surface area contributed by atoms with Gasteiger partial charge in [0.25, 0.3) is 0 Å². The zero-order valence-corrected chi connectivity index (χ0v) is 14.2. The number of hydrogen-bond acceptors (Lipinski definition) is 2. The summed E-state index contributed by atoms with van der Waals surface area (Å²) >= 11 is 3.64. The lowest BCUT2D eigenvalue weighted by Gasteiger charge is -2.24. The summed E-state index contributed by atoms with van der Waals surface area (Å²) in [6, 6.07) is 8.89. The van der Waals surface area contributed by atoms with Gasteiger partial charge in [0.1, 0.15) is 0 Å².